The van der Waals surface area contributed by atoms with Crippen molar-refractivity contribution in [3.05, 3.63) is 0 Å². The molecule has 0 rings (SSSR count). The van der Waals surface area contributed by atoms with Crippen molar-refractivity contribution in [3.63, 3.8) is 0 Å². The second-order valence-electron chi connectivity index (χ2n) is 4.05. The van der Waals surface area contributed by atoms with Gasteiger partial charge in [-0.3, -0.25) is 9.59 Å². The molecule has 0 saturated heterocycles. The van der Waals surface area contributed by atoms with E-state index >= 15 is 0 Å². The van der Waals surface area contributed by atoms with E-state index in [-0.39, 0.29) is 11.8 Å². The van der Waals surface area contributed by atoms with Crippen LogP contribution in [-0.2, 0) is 9.59 Å². The minimum Gasteiger partial charge on any atom is -0.355 e. The van der Waals surface area contributed by atoms with E-state index in [1.54, 1.807) is 21.6 Å². The Morgan fingerprint density at radius 2 is 1.15 bits per heavy atom. The van der Waals surface area contributed by atoms with Crippen molar-refractivity contribution in [3.8, 4) is 0 Å². The number of carbonyl (C=O) groups is 2. The fourth-order valence-corrected chi connectivity index (χ4v) is 3.05. The average Bonchev–Trinajstić information content (AvgIpc) is 2.45. The second-order valence-corrected chi connectivity index (χ2v) is 6.75. The molecule has 0 bridgehead atoms. The molecule has 118 valence electrons. The van der Waals surface area contributed by atoms with Gasteiger partial charge in [-0.2, -0.15) is 0 Å². The Morgan fingerprint density at radius 3 is 1.50 bits per heavy atom. The van der Waals surface area contributed by atoms with Crippen LogP contribution in [0.5, 0.6) is 0 Å². The van der Waals surface area contributed by atoms with Crippen LogP contribution in [0.2, 0.25) is 0 Å². The SMILES string of the molecule is CNCCC(=O)NCCSSCCNC(=O)CCNC. The van der Waals surface area contributed by atoms with Crippen LogP contribution in [0.25, 0.3) is 0 Å². The maximum Gasteiger partial charge on any atom is 0.221 e. The molecular formula is C12H26N4O2S2. The number of hydrogen-bond acceptors (Lipinski definition) is 6. The minimum atomic E-state index is 0.0850. The van der Waals surface area contributed by atoms with Crippen LogP contribution >= 0.6 is 21.6 Å². The summed E-state index contributed by atoms with van der Waals surface area (Å²) < 4.78 is 0. The van der Waals surface area contributed by atoms with Crippen molar-refractivity contribution in [1.82, 2.24) is 21.3 Å². The maximum absolute atomic E-state index is 11.3. The number of nitrogens with one attached hydrogen (secondary N) is 4. The Bertz CT molecular complexity index is 242. The number of hydrogen-bond donors (Lipinski definition) is 4. The lowest BCUT2D eigenvalue weighted by molar-refractivity contribution is -0.121. The molecule has 20 heavy (non-hydrogen) atoms. The fourth-order valence-electron chi connectivity index (χ4n) is 1.24. The molecule has 0 radical (unpaired) electrons. The Morgan fingerprint density at radius 1 is 0.750 bits per heavy atom. The molecule has 4 N–H and O–H groups in total. The molecule has 0 aromatic heterocycles. The molecule has 8 heteroatoms. The molecule has 0 heterocycles. The smallest absolute Gasteiger partial charge is 0.221 e. The molecule has 0 atom stereocenters. The summed E-state index contributed by atoms with van der Waals surface area (Å²) in [6, 6.07) is 0. The first kappa shape index (κ1) is 19.6. The zero-order valence-electron chi connectivity index (χ0n) is 12.3. The van der Waals surface area contributed by atoms with Crippen molar-refractivity contribution >= 4 is 33.4 Å². The van der Waals surface area contributed by atoms with E-state index in [2.05, 4.69) is 21.3 Å². The van der Waals surface area contributed by atoms with Crippen molar-refractivity contribution in [2.45, 2.75) is 12.8 Å². The highest BCUT2D eigenvalue weighted by Gasteiger charge is 2.00. The first-order valence-corrected chi connectivity index (χ1v) is 9.26. The summed E-state index contributed by atoms with van der Waals surface area (Å²) >= 11 is 0. The van der Waals surface area contributed by atoms with Gasteiger partial charge in [-0.1, -0.05) is 21.6 Å². The third kappa shape index (κ3) is 14.0. The highest BCUT2D eigenvalue weighted by Crippen LogP contribution is 2.19. The van der Waals surface area contributed by atoms with Gasteiger partial charge in [0, 0.05) is 50.5 Å². The third-order valence-electron chi connectivity index (χ3n) is 2.30. The highest BCUT2D eigenvalue weighted by molar-refractivity contribution is 8.76. The van der Waals surface area contributed by atoms with Gasteiger partial charge in [0.2, 0.25) is 11.8 Å². The van der Waals surface area contributed by atoms with Crippen LogP contribution in [0.4, 0.5) is 0 Å². The maximum atomic E-state index is 11.3. The van der Waals surface area contributed by atoms with E-state index in [0.29, 0.717) is 39.0 Å². The lowest BCUT2D eigenvalue weighted by Crippen LogP contribution is -2.28. The van der Waals surface area contributed by atoms with Gasteiger partial charge >= 0.3 is 0 Å². The van der Waals surface area contributed by atoms with Crippen LogP contribution in [0.3, 0.4) is 0 Å². The van der Waals surface area contributed by atoms with Crippen LogP contribution in [0.1, 0.15) is 12.8 Å². The van der Waals surface area contributed by atoms with E-state index in [9.17, 15) is 9.59 Å². The third-order valence-corrected chi connectivity index (χ3v) is 4.71. The first-order chi connectivity index (χ1) is 9.70. The Labute approximate surface area is 129 Å². The zero-order valence-corrected chi connectivity index (χ0v) is 13.9. The molecule has 0 aromatic rings. The molecular weight excluding hydrogens is 296 g/mol. The summed E-state index contributed by atoms with van der Waals surface area (Å²) in [6.45, 7) is 2.80. The van der Waals surface area contributed by atoms with Crippen LogP contribution < -0.4 is 21.3 Å². The molecule has 0 fully saturated rings. The van der Waals surface area contributed by atoms with Crippen molar-refractivity contribution in [2.75, 3.05) is 51.8 Å². The molecule has 0 saturated carbocycles. The monoisotopic (exact) mass is 322 g/mol. The molecule has 0 aliphatic carbocycles. The summed E-state index contributed by atoms with van der Waals surface area (Å²) in [7, 11) is 7.08. The fraction of sp³-hybridized carbons (Fsp3) is 0.833. The van der Waals surface area contributed by atoms with E-state index in [4.69, 9.17) is 0 Å². The molecule has 0 aliphatic rings. The summed E-state index contributed by atoms with van der Waals surface area (Å²) in [5.41, 5.74) is 0. The zero-order chi connectivity index (χ0) is 15.1. The number of carbonyl (C=O) groups excluding carboxylic acids is 2. The first-order valence-electron chi connectivity index (χ1n) is 6.77. The Hall–Kier alpha value is -0.440. The topological polar surface area (TPSA) is 82.3 Å². The van der Waals surface area contributed by atoms with Crippen molar-refractivity contribution in [2.24, 2.45) is 0 Å². The lowest BCUT2D eigenvalue weighted by Gasteiger charge is -2.06. The molecule has 2 amide bonds. The van der Waals surface area contributed by atoms with Crippen molar-refractivity contribution in [1.29, 1.82) is 0 Å². The standard InChI is InChI=1S/C12H26N4O2S2/c1-13-5-3-11(17)15-7-9-19-20-10-8-16-12(18)4-6-14-2/h13-14H,3-10H2,1-2H3,(H,15,17)(H,16,18). The van der Waals surface area contributed by atoms with Crippen LogP contribution in [-0.4, -0.2) is 63.6 Å². The summed E-state index contributed by atoms with van der Waals surface area (Å²) in [5.74, 6) is 1.93. The van der Waals surface area contributed by atoms with Crippen LogP contribution in [0.15, 0.2) is 0 Å². The van der Waals surface area contributed by atoms with E-state index in [0.717, 1.165) is 11.5 Å². The molecule has 0 aromatic carbocycles. The van der Waals surface area contributed by atoms with Gasteiger partial charge in [-0.25, -0.2) is 0 Å². The molecule has 6 nitrogen and oxygen atoms in total. The van der Waals surface area contributed by atoms with Crippen LogP contribution in [0, 0.1) is 0 Å². The van der Waals surface area contributed by atoms with Crippen molar-refractivity contribution < 1.29 is 9.59 Å². The van der Waals surface area contributed by atoms with Gasteiger partial charge in [0.1, 0.15) is 0 Å². The molecule has 0 aliphatic heterocycles. The predicted molar refractivity (Wildman–Crippen MR) is 88.0 cm³/mol. The summed E-state index contributed by atoms with van der Waals surface area (Å²) in [4.78, 5) is 22.6. The summed E-state index contributed by atoms with van der Waals surface area (Å²) in [5, 5.41) is 11.6. The van der Waals surface area contributed by atoms with E-state index in [1.807, 2.05) is 14.1 Å². The molecule has 0 spiro atoms. The number of rotatable bonds is 13. The van der Waals surface area contributed by atoms with Gasteiger partial charge in [0.25, 0.3) is 0 Å². The lowest BCUT2D eigenvalue weighted by atomic mass is 10.4. The van der Waals surface area contributed by atoms with Gasteiger partial charge in [-0.15, -0.1) is 0 Å². The highest BCUT2D eigenvalue weighted by atomic mass is 33.1. The van der Waals surface area contributed by atoms with E-state index < -0.39 is 0 Å². The Balaban J connectivity index is 3.20. The van der Waals surface area contributed by atoms with Gasteiger partial charge in [0.15, 0.2) is 0 Å². The molecule has 0 unspecified atom stereocenters. The number of amides is 2. The van der Waals surface area contributed by atoms with Gasteiger partial charge in [0.05, 0.1) is 0 Å². The Kier molecular flexibility index (Phi) is 14.6. The predicted octanol–water partition coefficient (Wildman–Crippen LogP) is -0.181. The largest absolute Gasteiger partial charge is 0.355 e. The second kappa shape index (κ2) is 15.0. The quantitative estimate of drug-likeness (QED) is 0.278. The summed E-state index contributed by atoms with van der Waals surface area (Å²) in [6.07, 6.45) is 1.04. The van der Waals surface area contributed by atoms with Gasteiger partial charge in [-0.05, 0) is 14.1 Å². The minimum absolute atomic E-state index is 0.0850. The van der Waals surface area contributed by atoms with Gasteiger partial charge < -0.3 is 21.3 Å². The normalized spacial score (nSPS) is 10.3. The van der Waals surface area contributed by atoms with E-state index in [1.165, 1.54) is 0 Å². The average molecular weight is 323 g/mol.